The number of esters is 1. The lowest BCUT2D eigenvalue weighted by Gasteiger charge is -2.33. The van der Waals surface area contributed by atoms with Crippen LogP contribution in [0.25, 0.3) is 0 Å². The SMILES string of the molecule is CC[C@@H]1SC2=NC(C)=C(C(=O)OCc3ccccc3)[C@@H](c3ccc(C)cc3)N2C1=O. The normalized spacial score (nSPS) is 20.8. The Labute approximate surface area is 180 Å². The number of hydrogen-bond donors (Lipinski definition) is 0. The predicted molar refractivity (Wildman–Crippen MR) is 119 cm³/mol. The molecule has 4 rings (SSSR count). The number of aliphatic imine (C=N–C) groups is 1. The van der Waals surface area contributed by atoms with Crippen LogP contribution in [0, 0.1) is 6.92 Å². The average Bonchev–Trinajstić information content (AvgIpc) is 3.07. The van der Waals surface area contributed by atoms with Crippen molar-refractivity contribution >= 4 is 28.8 Å². The van der Waals surface area contributed by atoms with Crippen LogP contribution in [0.15, 0.2) is 70.9 Å². The smallest absolute Gasteiger partial charge is 0.338 e. The van der Waals surface area contributed by atoms with Gasteiger partial charge >= 0.3 is 5.97 Å². The van der Waals surface area contributed by atoms with Crippen LogP contribution in [0.1, 0.15) is 43.0 Å². The highest BCUT2D eigenvalue weighted by atomic mass is 32.2. The highest BCUT2D eigenvalue weighted by Crippen LogP contribution is 2.44. The molecular weight excluding hydrogens is 396 g/mol. The van der Waals surface area contributed by atoms with Crippen LogP contribution in [0.5, 0.6) is 0 Å². The Morgan fingerprint density at radius 1 is 1.10 bits per heavy atom. The highest BCUT2D eigenvalue weighted by Gasteiger charge is 2.47. The molecule has 2 atom stereocenters. The zero-order chi connectivity index (χ0) is 21.3. The van der Waals surface area contributed by atoms with Gasteiger partial charge in [0.25, 0.3) is 0 Å². The molecule has 2 aliphatic rings. The van der Waals surface area contributed by atoms with Crippen LogP contribution >= 0.6 is 11.8 Å². The van der Waals surface area contributed by atoms with Gasteiger partial charge in [0.2, 0.25) is 5.91 Å². The molecule has 1 fully saturated rings. The van der Waals surface area contributed by atoms with Crippen LogP contribution in [0.2, 0.25) is 0 Å². The Morgan fingerprint density at radius 3 is 2.47 bits per heavy atom. The maximum Gasteiger partial charge on any atom is 0.338 e. The minimum Gasteiger partial charge on any atom is -0.457 e. The number of amidine groups is 1. The van der Waals surface area contributed by atoms with Crippen LogP contribution in [0.4, 0.5) is 0 Å². The number of nitrogens with zero attached hydrogens (tertiary/aromatic N) is 2. The second kappa shape index (κ2) is 8.48. The lowest BCUT2D eigenvalue weighted by atomic mass is 9.93. The summed E-state index contributed by atoms with van der Waals surface area (Å²) in [5.74, 6) is -0.449. The van der Waals surface area contributed by atoms with Gasteiger partial charge in [0.1, 0.15) is 6.61 Å². The second-order valence-electron chi connectivity index (χ2n) is 7.49. The molecule has 0 aromatic heterocycles. The number of amides is 1. The Kier molecular flexibility index (Phi) is 5.77. The van der Waals surface area contributed by atoms with Crippen LogP contribution in [-0.2, 0) is 20.9 Å². The molecule has 0 N–H and O–H groups in total. The van der Waals surface area contributed by atoms with Crippen molar-refractivity contribution in [2.75, 3.05) is 0 Å². The maximum atomic E-state index is 13.2. The van der Waals surface area contributed by atoms with Crippen molar-refractivity contribution in [3.63, 3.8) is 0 Å². The minimum atomic E-state index is -0.530. The molecule has 2 heterocycles. The van der Waals surface area contributed by atoms with Crippen LogP contribution in [-0.4, -0.2) is 27.2 Å². The summed E-state index contributed by atoms with van der Waals surface area (Å²) < 4.78 is 5.64. The summed E-state index contributed by atoms with van der Waals surface area (Å²) in [5, 5.41) is 0.485. The van der Waals surface area contributed by atoms with Gasteiger partial charge in [-0.3, -0.25) is 9.69 Å². The predicted octanol–water partition coefficient (Wildman–Crippen LogP) is 4.78. The molecule has 2 aromatic rings. The zero-order valence-electron chi connectivity index (χ0n) is 17.3. The Balaban J connectivity index is 1.71. The summed E-state index contributed by atoms with van der Waals surface area (Å²) in [6.07, 6.45) is 0.715. The molecule has 0 bridgehead atoms. The van der Waals surface area contributed by atoms with E-state index in [2.05, 4.69) is 4.99 Å². The number of benzene rings is 2. The summed E-state index contributed by atoms with van der Waals surface area (Å²) in [6.45, 7) is 5.99. The molecule has 0 saturated carbocycles. The molecule has 2 aromatic carbocycles. The van der Waals surface area contributed by atoms with E-state index in [1.807, 2.05) is 75.4 Å². The van der Waals surface area contributed by atoms with Crippen LogP contribution in [0.3, 0.4) is 0 Å². The van der Waals surface area contributed by atoms with E-state index >= 15 is 0 Å². The fourth-order valence-electron chi connectivity index (χ4n) is 3.72. The van der Waals surface area contributed by atoms with E-state index < -0.39 is 12.0 Å². The number of thioether (sulfide) groups is 1. The summed E-state index contributed by atoms with van der Waals surface area (Å²) in [5.41, 5.74) is 3.93. The van der Waals surface area contributed by atoms with E-state index in [0.717, 1.165) is 16.7 Å². The number of rotatable bonds is 5. The number of aryl methyl sites for hydroxylation is 1. The molecule has 2 aliphatic heterocycles. The van der Waals surface area contributed by atoms with Crippen molar-refractivity contribution in [3.05, 3.63) is 82.6 Å². The van der Waals surface area contributed by atoms with E-state index in [1.165, 1.54) is 11.8 Å². The first-order valence-corrected chi connectivity index (χ1v) is 10.9. The van der Waals surface area contributed by atoms with Crippen molar-refractivity contribution in [2.24, 2.45) is 4.99 Å². The molecule has 5 nitrogen and oxygen atoms in total. The van der Waals surface area contributed by atoms with Crippen LogP contribution < -0.4 is 0 Å². The maximum absolute atomic E-state index is 13.2. The lowest BCUT2D eigenvalue weighted by molar-refractivity contribution is -0.141. The third-order valence-electron chi connectivity index (χ3n) is 5.35. The Morgan fingerprint density at radius 2 is 1.80 bits per heavy atom. The summed E-state index contributed by atoms with van der Waals surface area (Å²) in [7, 11) is 0. The van der Waals surface area contributed by atoms with Gasteiger partial charge in [-0.15, -0.1) is 0 Å². The largest absolute Gasteiger partial charge is 0.457 e. The third kappa shape index (κ3) is 3.79. The Hall–Kier alpha value is -2.86. The number of ether oxygens (including phenoxy) is 1. The van der Waals surface area contributed by atoms with Crippen molar-refractivity contribution in [2.45, 2.75) is 45.1 Å². The fourth-order valence-corrected chi connectivity index (χ4v) is 4.85. The zero-order valence-corrected chi connectivity index (χ0v) is 18.1. The number of carbonyl (C=O) groups is 2. The molecule has 0 aliphatic carbocycles. The molecule has 30 heavy (non-hydrogen) atoms. The summed E-state index contributed by atoms with van der Waals surface area (Å²) >= 11 is 1.47. The molecule has 6 heteroatoms. The van der Waals surface area contributed by atoms with Gasteiger partial charge in [0.15, 0.2) is 5.17 Å². The number of carbonyl (C=O) groups excluding carboxylic acids is 2. The van der Waals surface area contributed by atoms with Gasteiger partial charge in [-0.1, -0.05) is 78.8 Å². The first-order chi connectivity index (χ1) is 14.5. The standard InChI is InChI=1S/C24H24N2O3S/c1-4-19-22(27)26-21(18-12-10-15(2)11-13-18)20(16(3)25-24(26)30-19)23(28)29-14-17-8-6-5-7-9-17/h5-13,19,21H,4,14H2,1-3H3/t19-,21+/m0/s1. The number of hydrogen-bond acceptors (Lipinski definition) is 5. The molecular formula is C24H24N2O3S. The first kappa shape index (κ1) is 20.4. The van der Waals surface area contributed by atoms with Crippen molar-refractivity contribution in [3.8, 4) is 0 Å². The van der Waals surface area contributed by atoms with Gasteiger partial charge in [-0.25, -0.2) is 9.79 Å². The number of fused-ring (bicyclic) bond motifs is 1. The van der Waals surface area contributed by atoms with E-state index in [4.69, 9.17) is 4.74 Å². The topological polar surface area (TPSA) is 59.0 Å². The monoisotopic (exact) mass is 420 g/mol. The Bertz CT molecular complexity index is 1030. The summed E-state index contributed by atoms with van der Waals surface area (Å²) in [6, 6.07) is 17.0. The lowest BCUT2D eigenvalue weighted by Crippen LogP contribution is -2.40. The molecule has 1 saturated heterocycles. The molecule has 0 spiro atoms. The van der Waals surface area contributed by atoms with Crippen molar-refractivity contribution in [1.29, 1.82) is 0 Å². The van der Waals surface area contributed by atoms with E-state index in [1.54, 1.807) is 4.90 Å². The third-order valence-corrected chi connectivity index (χ3v) is 6.67. The van der Waals surface area contributed by atoms with E-state index in [0.29, 0.717) is 22.9 Å². The van der Waals surface area contributed by atoms with Gasteiger partial charge < -0.3 is 4.74 Å². The van der Waals surface area contributed by atoms with Crippen molar-refractivity contribution < 1.29 is 14.3 Å². The quantitative estimate of drug-likeness (QED) is 0.654. The second-order valence-corrected chi connectivity index (χ2v) is 8.66. The number of allylic oxidation sites excluding steroid dienone is 1. The van der Waals surface area contributed by atoms with Gasteiger partial charge in [-0.2, -0.15) is 0 Å². The van der Waals surface area contributed by atoms with E-state index in [9.17, 15) is 9.59 Å². The van der Waals surface area contributed by atoms with Crippen molar-refractivity contribution in [1.82, 2.24) is 4.90 Å². The highest BCUT2D eigenvalue weighted by molar-refractivity contribution is 8.15. The molecule has 0 radical (unpaired) electrons. The average molecular weight is 421 g/mol. The van der Waals surface area contributed by atoms with Gasteiger partial charge in [0, 0.05) is 0 Å². The molecule has 0 unspecified atom stereocenters. The fraction of sp³-hybridized carbons (Fsp3) is 0.292. The molecule has 154 valence electrons. The summed E-state index contributed by atoms with van der Waals surface area (Å²) in [4.78, 5) is 32.6. The van der Waals surface area contributed by atoms with Gasteiger partial charge in [-0.05, 0) is 31.4 Å². The molecule has 1 amide bonds. The van der Waals surface area contributed by atoms with Gasteiger partial charge in [0.05, 0.1) is 22.6 Å². The first-order valence-electron chi connectivity index (χ1n) is 10.1. The minimum absolute atomic E-state index is 0.00677. The van der Waals surface area contributed by atoms with E-state index in [-0.39, 0.29) is 17.8 Å².